The molecule has 0 bridgehead atoms. The molecule has 6 heteroatoms. The lowest BCUT2D eigenvalue weighted by Crippen LogP contribution is -2.18. The van der Waals surface area contributed by atoms with Crippen LogP contribution in [0.3, 0.4) is 0 Å². The van der Waals surface area contributed by atoms with Crippen molar-refractivity contribution in [3.63, 3.8) is 0 Å². The number of hydrogen-bond donors (Lipinski definition) is 2. The van der Waals surface area contributed by atoms with Gasteiger partial charge in [-0.3, -0.25) is 0 Å². The van der Waals surface area contributed by atoms with E-state index in [-0.39, 0.29) is 0 Å². The molecule has 1 atom stereocenters. The molecule has 2 aromatic carbocycles. The van der Waals surface area contributed by atoms with E-state index in [4.69, 9.17) is 4.52 Å². The Morgan fingerprint density at radius 1 is 1.12 bits per heavy atom. The fourth-order valence-electron chi connectivity index (χ4n) is 2.90. The Labute approximate surface area is 151 Å². The molecule has 2 aromatic heterocycles. The first kappa shape index (κ1) is 16.4. The lowest BCUT2D eigenvalue weighted by atomic mass is 10.1. The number of hydrogen-bond acceptors (Lipinski definition) is 5. The first-order valence-corrected chi connectivity index (χ1v) is 8.59. The topological polar surface area (TPSA) is 76.1 Å². The maximum absolute atomic E-state index is 9.57. The van der Waals surface area contributed by atoms with Gasteiger partial charge in [-0.1, -0.05) is 47.6 Å². The first-order chi connectivity index (χ1) is 12.7. The van der Waals surface area contributed by atoms with E-state index in [1.54, 1.807) is 6.92 Å². The Balaban J connectivity index is 1.66. The highest BCUT2D eigenvalue weighted by atomic mass is 16.5. The van der Waals surface area contributed by atoms with Crippen LogP contribution in [-0.4, -0.2) is 32.5 Å². The highest BCUT2D eigenvalue weighted by molar-refractivity contribution is 5.78. The maximum atomic E-state index is 9.57. The van der Waals surface area contributed by atoms with Crippen molar-refractivity contribution in [1.82, 2.24) is 14.7 Å². The van der Waals surface area contributed by atoms with E-state index in [0.29, 0.717) is 19.0 Å². The minimum atomic E-state index is -0.458. The smallest absolute Gasteiger partial charge is 0.204 e. The second kappa shape index (κ2) is 7.01. The second-order valence-electron chi connectivity index (χ2n) is 6.29. The Morgan fingerprint density at radius 2 is 1.88 bits per heavy atom. The highest BCUT2D eigenvalue weighted by Crippen LogP contribution is 2.24. The molecule has 0 aliphatic heterocycles. The van der Waals surface area contributed by atoms with Crippen LogP contribution in [0.1, 0.15) is 12.6 Å². The van der Waals surface area contributed by atoms with Crippen LogP contribution in [0.2, 0.25) is 0 Å². The van der Waals surface area contributed by atoms with Crippen LogP contribution in [0.15, 0.2) is 65.2 Å². The van der Waals surface area contributed by atoms with Gasteiger partial charge >= 0.3 is 0 Å². The van der Waals surface area contributed by atoms with E-state index >= 15 is 0 Å². The Morgan fingerprint density at radius 3 is 2.69 bits per heavy atom. The molecule has 0 aliphatic carbocycles. The molecule has 26 heavy (non-hydrogen) atoms. The number of aliphatic hydroxyl groups excluding tert-OH is 1. The van der Waals surface area contributed by atoms with Crippen LogP contribution in [0, 0.1) is 0 Å². The monoisotopic (exact) mass is 348 g/mol. The number of nitrogens with one attached hydrogen (secondary N) is 1. The van der Waals surface area contributed by atoms with Crippen molar-refractivity contribution >= 4 is 17.0 Å². The first-order valence-electron chi connectivity index (χ1n) is 8.59. The summed E-state index contributed by atoms with van der Waals surface area (Å²) in [5, 5.41) is 17.0. The van der Waals surface area contributed by atoms with Gasteiger partial charge in [-0.25, -0.2) is 4.98 Å². The predicted molar refractivity (Wildman–Crippen MR) is 101 cm³/mol. The Kier molecular flexibility index (Phi) is 4.41. The summed E-state index contributed by atoms with van der Waals surface area (Å²) in [4.78, 5) is 4.63. The van der Waals surface area contributed by atoms with Gasteiger partial charge in [0.15, 0.2) is 5.76 Å². The van der Waals surface area contributed by atoms with Gasteiger partial charge in [0.2, 0.25) is 5.95 Å². The van der Waals surface area contributed by atoms with Gasteiger partial charge in [-0.05, 0) is 19.1 Å². The molecule has 4 rings (SSSR count). The summed E-state index contributed by atoms with van der Waals surface area (Å²) in [5.74, 6) is 1.44. The highest BCUT2D eigenvalue weighted by Gasteiger charge is 2.14. The summed E-state index contributed by atoms with van der Waals surface area (Å²) in [6.07, 6.45) is -0.458. The van der Waals surface area contributed by atoms with Gasteiger partial charge in [-0.2, -0.15) is 0 Å². The molecular weight excluding hydrogens is 328 g/mol. The lowest BCUT2D eigenvalue weighted by Gasteiger charge is -2.10. The lowest BCUT2D eigenvalue weighted by molar-refractivity contribution is 0.208. The molecule has 0 fully saturated rings. The summed E-state index contributed by atoms with van der Waals surface area (Å²) < 4.78 is 7.55. The zero-order valence-corrected chi connectivity index (χ0v) is 14.5. The summed E-state index contributed by atoms with van der Waals surface area (Å²) in [6, 6.07) is 19.8. The van der Waals surface area contributed by atoms with E-state index in [1.807, 2.05) is 65.2 Å². The number of para-hydroxylation sites is 2. The fraction of sp³-hybridized carbons (Fsp3) is 0.200. The van der Waals surface area contributed by atoms with Crippen molar-refractivity contribution in [2.75, 3.05) is 11.9 Å². The van der Waals surface area contributed by atoms with Gasteiger partial charge in [0, 0.05) is 18.2 Å². The van der Waals surface area contributed by atoms with Crippen LogP contribution < -0.4 is 5.32 Å². The SMILES string of the molecule is CC(O)CNc1nc2ccccc2n1Cc1cc(-c2ccccc2)on1. The minimum absolute atomic E-state index is 0.428. The quantitative estimate of drug-likeness (QED) is 0.557. The fourth-order valence-corrected chi connectivity index (χ4v) is 2.90. The molecule has 132 valence electrons. The molecule has 0 aliphatic rings. The summed E-state index contributed by atoms with van der Waals surface area (Å²) in [6.45, 7) is 2.69. The predicted octanol–water partition coefficient (Wildman–Crippen LogP) is 3.53. The van der Waals surface area contributed by atoms with E-state index in [1.165, 1.54) is 0 Å². The van der Waals surface area contributed by atoms with Gasteiger partial charge < -0.3 is 19.5 Å². The third-order valence-corrected chi connectivity index (χ3v) is 4.15. The van der Waals surface area contributed by atoms with Crippen LogP contribution in [-0.2, 0) is 6.54 Å². The van der Waals surface area contributed by atoms with E-state index in [0.717, 1.165) is 28.1 Å². The van der Waals surface area contributed by atoms with E-state index in [2.05, 4.69) is 15.5 Å². The van der Waals surface area contributed by atoms with Crippen molar-refractivity contribution in [2.45, 2.75) is 19.6 Å². The van der Waals surface area contributed by atoms with Crippen molar-refractivity contribution in [3.8, 4) is 11.3 Å². The van der Waals surface area contributed by atoms with Crippen LogP contribution in [0.5, 0.6) is 0 Å². The average molecular weight is 348 g/mol. The maximum Gasteiger partial charge on any atom is 0.204 e. The molecule has 0 radical (unpaired) electrons. The molecule has 0 amide bonds. The Bertz CT molecular complexity index is 1010. The largest absolute Gasteiger partial charge is 0.392 e. The number of nitrogens with zero attached hydrogens (tertiary/aromatic N) is 3. The zero-order chi connectivity index (χ0) is 17.9. The molecular formula is C20H20N4O2. The van der Waals surface area contributed by atoms with Crippen molar-refractivity contribution in [2.24, 2.45) is 0 Å². The number of benzene rings is 2. The third-order valence-electron chi connectivity index (χ3n) is 4.15. The number of rotatable bonds is 6. The van der Waals surface area contributed by atoms with Gasteiger partial charge in [-0.15, -0.1) is 0 Å². The number of fused-ring (bicyclic) bond motifs is 1. The standard InChI is InChI=1S/C20H20N4O2/c1-14(25)12-21-20-22-17-9-5-6-10-18(17)24(20)13-16-11-19(26-23-16)15-7-3-2-4-8-15/h2-11,14,25H,12-13H2,1H3,(H,21,22). The van der Waals surface area contributed by atoms with E-state index < -0.39 is 6.10 Å². The average Bonchev–Trinajstić information content (AvgIpc) is 3.26. The molecule has 1 unspecified atom stereocenters. The molecule has 0 saturated heterocycles. The molecule has 0 saturated carbocycles. The van der Waals surface area contributed by atoms with Crippen LogP contribution in [0.4, 0.5) is 5.95 Å². The van der Waals surface area contributed by atoms with Crippen molar-refractivity contribution < 1.29 is 9.63 Å². The molecule has 2 N–H and O–H groups in total. The normalized spacial score (nSPS) is 12.4. The zero-order valence-electron chi connectivity index (χ0n) is 14.5. The minimum Gasteiger partial charge on any atom is -0.392 e. The van der Waals surface area contributed by atoms with Crippen LogP contribution in [0.25, 0.3) is 22.4 Å². The summed E-state index contributed by atoms with van der Waals surface area (Å²) in [5.41, 5.74) is 3.71. The van der Waals surface area contributed by atoms with Crippen molar-refractivity contribution in [3.05, 3.63) is 66.4 Å². The van der Waals surface area contributed by atoms with Crippen LogP contribution >= 0.6 is 0 Å². The molecule has 2 heterocycles. The molecule has 0 spiro atoms. The Hall–Kier alpha value is -3.12. The molecule has 4 aromatic rings. The number of imidazole rings is 1. The summed E-state index contributed by atoms with van der Waals surface area (Å²) in [7, 11) is 0. The van der Waals surface area contributed by atoms with Gasteiger partial charge in [0.1, 0.15) is 5.69 Å². The number of aromatic nitrogens is 3. The second-order valence-corrected chi connectivity index (χ2v) is 6.29. The van der Waals surface area contributed by atoms with Crippen molar-refractivity contribution in [1.29, 1.82) is 0 Å². The number of anilines is 1. The third kappa shape index (κ3) is 3.32. The van der Waals surface area contributed by atoms with E-state index in [9.17, 15) is 5.11 Å². The number of aliphatic hydroxyl groups is 1. The van der Waals surface area contributed by atoms with Gasteiger partial charge in [0.25, 0.3) is 0 Å². The van der Waals surface area contributed by atoms with Gasteiger partial charge in [0.05, 0.1) is 23.7 Å². The summed E-state index contributed by atoms with van der Waals surface area (Å²) >= 11 is 0. The molecule has 6 nitrogen and oxygen atoms in total.